The number of nitrogens with one attached hydrogen (secondary N) is 2. The Balaban J connectivity index is 0.00000156. The van der Waals surface area contributed by atoms with E-state index in [9.17, 15) is 13.6 Å². The summed E-state index contributed by atoms with van der Waals surface area (Å²) in [5.41, 5.74) is 2.04. The Hall–Kier alpha value is -1.15. The van der Waals surface area contributed by atoms with Crippen LogP contribution in [0.3, 0.4) is 0 Å². The summed E-state index contributed by atoms with van der Waals surface area (Å²) in [6.07, 6.45) is -0.441. The summed E-state index contributed by atoms with van der Waals surface area (Å²) in [5, 5.41) is 5.34. The van der Waals surface area contributed by atoms with E-state index in [0.29, 0.717) is 19.8 Å². The Morgan fingerprint density at radius 3 is 2.60 bits per heavy atom. The maximum atomic E-state index is 13.2. The summed E-state index contributed by atoms with van der Waals surface area (Å²) in [6.45, 7) is 2.87. The molecule has 0 radical (unpaired) electrons. The molecule has 2 saturated heterocycles. The number of ether oxygens (including phenoxy) is 1. The van der Waals surface area contributed by atoms with E-state index in [4.69, 9.17) is 4.74 Å². The third kappa shape index (κ3) is 5.67. The average molecular weight is 398 g/mol. The Bertz CT molecular complexity index is 572. The van der Waals surface area contributed by atoms with Gasteiger partial charge in [0.2, 0.25) is 5.91 Å². The molecule has 1 aromatic carbocycles. The van der Waals surface area contributed by atoms with Gasteiger partial charge in [-0.25, -0.2) is 8.78 Å². The van der Waals surface area contributed by atoms with Crippen LogP contribution < -0.4 is 15.5 Å². The zero-order chi connectivity index (χ0) is 16.3. The first-order valence-electron chi connectivity index (χ1n) is 7.85. The van der Waals surface area contributed by atoms with Crippen molar-refractivity contribution in [2.24, 2.45) is 0 Å². The Kier molecular flexibility index (Phi) is 8.34. The topological polar surface area (TPSA) is 53.6 Å². The number of benzene rings is 1. The molecule has 0 aliphatic carbocycles. The molecule has 0 aromatic heterocycles. The number of para-hydroxylation sites is 1. The number of anilines is 1. The Morgan fingerprint density at radius 2 is 1.96 bits per heavy atom. The van der Waals surface area contributed by atoms with Crippen molar-refractivity contribution in [3.63, 3.8) is 0 Å². The number of morpholine rings is 1. The van der Waals surface area contributed by atoms with Crippen LogP contribution in [0.25, 0.3) is 0 Å². The maximum Gasteiger partial charge on any atom is 0.262 e. The first-order chi connectivity index (χ1) is 11.1. The minimum Gasteiger partial charge on any atom is -0.378 e. The van der Waals surface area contributed by atoms with E-state index >= 15 is 0 Å². The van der Waals surface area contributed by atoms with Gasteiger partial charge in [0, 0.05) is 31.7 Å². The van der Waals surface area contributed by atoms with Crippen molar-refractivity contribution in [2.75, 3.05) is 37.7 Å². The predicted octanol–water partition coefficient (Wildman–Crippen LogP) is 1.98. The van der Waals surface area contributed by atoms with Gasteiger partial charge in [-0.1, -0.05) is 18.2 Å². The predicted molar refractivity (Wildman–Crippen MR) is 97.2 cm³/mol. The maximum absolute atomic E-state index is 13.2. The molecule has 9 heteroatoms. The highest BCUT2D eigenvalue weighted by Gasteiger charge is 2.42. The van der Waals surface area contributed by atoms with Crippen LogP contribution in [0.2, 0.25) is 0 Å². The fraction of sp³-hybridized carbons (Fsp3) is 0.562. The monoisotopic (exact) mass is 397 g/mol. The second kappa shape index (κ2) is 9.52. The summed E-state index contributed by atoms with van der Waals surface area (Å²) in [6, 6.07) is 7.00. The molecule has 1 amide bonds. The molecule has 0 saturated carbocycles. The zero-order valence-corrected chi connectivity index (χ0v) is 15.3. The molecule has 2 N–H and O–H groups in total. The van der Waals surface area contributed by atoms with Crippen molar-refractivity contribution in [2.45, 2.75) is 24.9 Å². The normalized spacial score (nSPS) is 21.8. The lowest BCUT2D eigenvalue weighted by molar-refractivity contribution is -0.123. The Morgan fingerprint density at radius 1 is 1.28 bits per heavy atom. The van der Waals surface area contributed by atoms with E-state index in [2.05, 4.69) is 15.5 Å². The largest absolute Gasteiger partial charge is 0.378 e. The molecule has 2 heterocycles. The van der Waals surface area contributed by atoms with Crippen LogP contribution >= 0.6 is 24.8 Å². The molecule has 142 valence electrons. The summed E-state index contributed by atoms with van der Waals surface area (Å²) in [4.78, 5) is 14.3. The first kappa shape index (κ1) is 21.9. The van der Waals surface area contributed by atoms with Gasteiger partial charge < -0.3 is 15.0 Å². The summed E-state index contributed by atoms with van der Waals surface area (Å²) < 4.78 is 31.7. The second-order valence-electron chi connectivity index (χ2n) is 5.94. The van der Waals surface area contributed by atoms with Crippen LogP contribution in [-0.2, 0) is 16.1 Å². The van der Waals surface area contributed by atoms with Crippen LogP contribution in [-0.4, -0.2) is 50.7 Å². The van der Waals surface area contributed by atoms with Crippen molar-refractivity contribution in [1.29, 1.82) is 0 Å². The molecule has 25 heavy (non-hydrogen) atoms. The van der Waals surface area contributed by atoms with Crippen molar-refractivity contribution in [3.05, 3.63) is 29.8 Å². The minimum atomic E-state index is -2.80. The summed E-state index contributed by atoms with van der Waals surface area (Å²) in [5.74, 6) is -3.17. The molecule has 5 nitrogen and oxygen atoms in total. The molecule has 2 aliphatic rings. The van der Waals surface area contributed by atoms with Crippen molar-refractivity contribution in [1.82, 2.24) is 10.6 Å². The number of hydrogen-bond donors (Lipinski definition) is 2. The molecule has 1 unspecified atom stereocenters. The molecular weight excluding hydrogens is 375 g/mol. The highest BCUT2D eigenvalue weighted by atomic mass is 35.5. The standard InChI is InChI=1S/C16H21F2N3O2.2ClH/c17-16(18)9-13(20-11-16)15(22)19-10-12-3-1-2-4-14(12)21-5-7-23-8-6-21;;/h1-4,13,20H,5-11H2,(H,19,22);2*1H. The molecule has 1 aromatic rings. The molecule has 0 bridgehead atoms. The van der Waals surface area contributed by atoms with E-state index in [1.807, 2.05) is 24.3 Å². The van der Waals surface area contributed by atoms with Crippen molar-refractivity contribution >= 4 is 36.4 Å². The first-order valence-corrected chi connectivity index (χ1v) is 7.85. The summed E-state index contributed by atoms with van der Waals surface area (Å²) in [7, 11) is 0. The van der Waals surface area contributed by atoms with E-state index in [1.165, 1.54) is 0 Å². The second-order valence-corrected chi connectivity index (χ2v) is 5.94. The van der Waals surface area contributed by atoms with Gasteiger partial charge in [0.15, 0.2) is 0 Å². The van der Waals surface area contributed by atoms with Gasteiger partial charge in [0.05, 0.1) is 25.8 Å². The highest BCUT2D eigenvalue weighted by Crippen LogP contribution is 2.25. The van der Waals surface area contributed by atoms with E-state index in [1.54, 1.807) is 0 Å². The number of carbonyl (C=O) groups excluding carboxylic acids is 1. The van der Waals surface area contributed by atoms with Gasteiger partial charge in [0.25, 0.3) is 5.92 Å². The number of halogens is 4. The molecule has 0 spiro atoms. The van der Waals surface area contributed by atoms with Crippen LogP contribution in [0, 0.1) is 0 Å². The van der Waals surface area contributed by atoms with Gasteiger partial charge in [-0.05, 0) is 11.6 Å². The van der Waals surface area contributed by atoms with Crippen molar-refractivity contribution < 1.29 is 18.3 Å². The highest BCUT2D eigenvalue weighted by molar-refractivity contribution is 5.85. The van der Waals surface area contributed by atoms with Gasteiger partial charge >= 0.3 is 0 Å². The van der Waals surface area contributed by atoms with Crippen LogP contribution in [0.5, 0.6) is 0 Å². The number of alkyl halides is 2. The molecular formula is C16H23Cl2F2N3O2. The van der Waals surface area contributed by atoms with E-state index in [-0.39, 0.29) is 30.7 Å². The fourth-order valence-corrected chi connectivity index (χ4v) is 2.98. The smallest absolute Gasteiger partial charge is 0.262 e. The zero-order valence-electron chi connectivity index (χ0n) is 13.7. The third-order valence-corrected chi connectivity index (χ3v) is 4.22. The van der Waals surface area contributed by atoms with Crippen LogP contribution in [0.1, 0.15) is 12.0 Å². The number of nitrogens with zero attached hydrogens (tertiary/aromatic N) is 1. The number of hydrogen-bond acceptors (Lipinski definition) is 4. The lowest BCUT2D eigenvalue weighted by Gasteiger charge is -2.30. The number of amides is 1. The van der Waals surface area contributed by atoms with Crippen LogP contribution in [0.4, 0.5) is 14.5 Å². The number of carbonyl (C=O) groups is 1. The van der Waals surface area contributed by atoms with E-state index < -0.39 is 24.9 Å². The third-order valence-electron chi connectivity index (χ3n) is 4.22. The fourth-order valence-electron chi connectivity index (χ4n) is 2.98. The minimum absolute atomic E-state index is 0. The average Bonchev–Trinajstić information content (AvgIpc) is 2.94. The van der Waals surface area contributed by atoms with Crippen LogP contribution in [0.15, 0.2) is 24.3 Å². The van der Waals surface area contributed by atoms with Gasteiger partial charge in [0.1, 0.15) is 0 Å². The summed E-state index contributed by atoms with van der Waals surface area (Å²) >= 11 is 0. The SMILES string of the molecule is Cl.Cl.O=C(NCc1ccccc1N1CCOCC1)C1CC(F)(F)CN1. The molecule has 3 rings (SSSR count). The molecule has 1 atom stereocenters. The van der Waals surface area contributed by atoms with Gasteiger partial charge in [-0.3, -0.25) is 10.1 Å². The quantitative estimate of drug-likeness (QED) is 0.815. The number of rotatable bonds is 4. The van der Waals surface area contributed by atoms with E-state index in [0.717, 1.165) is 24.3 Å². The molecule has 2 aliphatic heterocycles. The Labute approximate surface area is 158 Å². The van der Waals surface area contributed by atoms with Gasteiger partial charge in [-0.15, -0.1) is 24.8 Å². The van der Waals surface area contributed by atoms with Gasteiger partial charge in [-0.2, -0.15) is 0 Å². The lowest BCUT2D eigenvalue weighted by atomic mass is 10.1. The molecule has 2 fully saturated rings. The lowest BCUT2D eigenvalue weighted by Crippen LogP contribution is -2.41. The van der Waals surface area contributed by atoms with Crippen molar-refractivity contribution in [3.8, 4) is 0 Å².